The molecule has 0 unspecified atom stereocenters. The first kappa shape index (κ1) is 10.9. The lowest BCUT2D eigenvalue weighted by molar-refractivity contribution is 0.0697. The summed E-state index contributed by atoms with van der Waals surface area (Å²) >= 11 is 1.76. The fraction of sp³-hybridized carbons (Fsp3) is 0.154. The van der Waals surface area contributed by atoms with E-state index in [1.54, 1.807) is 23.5 Å². The van der Waals surface area contributed by atoms with E-state index >= 15 is 0 Å². The maximum Gasteiger partial charge on any atom is 0.335 e. The van der Waals surface area contributed by atoms with Crippen LogP contribution in [0, 0.1) is 0 Å². The van der Waals surface area contributed by atoms with Crippen LogP contribution in [-0.4, -0.2) is 11.1 Å². The van der Waals surface area contributed by atoms with Gasteiger partial charge in [0.25, 0.3) is 0 Å². The van der Waals surface area contributed by atoms with E-state index in [0.717, 1.165) is 12.8 Å². The van der Waals surface area contributed by atoms with Crippen LogP contribution < -0.4 is 0 Å². The smallest absolute Gasteiger partial charge is 0.335 e. The third-order valence-electron chi connectivity index (χ3n) is 2.44. The average molecular weight is 232 g/mol. The zero-order chi connectivity index (χ0) is 11.4. The SMILES string of the molecule is O=C(O)c1ccc(CCc2cccs2)cc1. The zero-order valence-electron chi connectivity index (χ0n) is 8.72. The van der Waals surface area contributed by atoms with Crippen molar-refractivity contribution in [3.8, 4) is 0 Å². The highest BCUT2D eigenvalue weighted by Crippen LogP contribution is 2.13. The molecule has 0 saturated carbocycles. The van der Waals surface area contributed by atoms with Crippen molar-refractivity contribution < 1.29 is 9.90 Å². The van der Waals surface area contributed by atoms with Gasteiger partial charge in [0.05, 0.1) is 5.56 Å². The highest BCUT2D eigenvalue weighted by molar-refractivity contribution is 7.09. The highest BCUT2D eigenvalue weighted by atomic mass is 32.1. The lowest BCUT2D eigenvalue weighted by atomic mass is 10.1. The summed E-state index contributed by atoms with van der Waals surface area (Å²) in [5, 5.41) is 10.8. The minimum absolute atomic E-state index is 0.347. The molecule has 0 aliphatic rings. The van der Waals surface area contributed by atoms with Crippen LogP contribution in [0.1, 0.15) is 20.8 Å². The van der Waals surface area contributed by atoms with Crippen molar-refractivity contribution in [2.75, 3.05) is 0 Å². The van der Waals surface area contributed by atoms with Gasteiger partial charge in [-0.25, -0.2) is 4.79 Å². The molecule has 1 aromatic heterocycles. The standard InChI is InChI=1S/C13H12O2S/c14-13(15)11-6-3-10(4-7-11)5-8-12-2-1-9-16-12/h1-4,6-7,9H,5,8H2,(H,14,15). The third kappa shape index (κ3) is 2.70. The molecule has 2 nitrogen and oxygen atoms in total. The van der Waals surface area contributed by atoms with Gasteiger partial charge in [0.2, 0.25) is 0 Å². The summed E-state index contributed by atoms with van der Waals surface area (Å²) in [6, 6.07) is 11.3. The molecule has 0 atom stereocenters. The van der Waals surface area contributed by atoms with E-state index in [0.29, 0.717) is 5.56 Å². The molecule has 1 heterocycles. The molecule has 0 aliphatic carbocycles. The van der Waals surface area contributed by atoms with E-state index in [-0.39, 0.29) is 0 Å². The van der Waals surface area contributed by atoms with Gasteiger partial charge in [-0.05, 0) is 42.0 Å². The molecule has 82 valence electrons. The fourth-order valence-electron chi connectivity index (χ4n) is 1.54. The fourth-order valence-corrected chi connectivity index (χ4v) is 2.25. The first-order valence-electron chi connectivity index (χ1n) is 5.10. The Balaban J connectivity index is 1.98. The van der Waals surface area contributed by atoms with Crippen LogP contribution >= 0.6 is 11.3 Å². The first-order valence-corrected chi connectivity index (χ1v) is 5.98. The number of aryl methyl sites for hydroxylation is 2. The van der Waals surface area contributed by atoms with Crippen molar-refractivity contribution in [2.24, 2.45) is 0 Å². The van der Waals surface area contributed by atoms with Crippen LogP contribution in [0.15, 0.2) is 41.8 Å². The Labute approximate surface area is 98.2 Å². The molecule has 0 bridgehead atoms. The summed E-state index contributed by atoms with van der Waals surface area (Å²) in [5.74, 6) is -0.871. The minimum Gasteiger partial charge on any atom is -0.478 e. The first-order chi connectivity index (χ1) is 7.75. The van der Waals surface area contributed by atoms with E-state index < -0.39 is 5.97 Å². The zero-order valence-corrected chi connectivity index (χ0v) is 9.54. The van der Waals surface area contributed by atoms with Crippen LogP contribution in [0.4, 0.5) is 0 Å². The number of hydrogen-bond donors (Lipinski definition) is 1. The molecule has 0 amide bonds. The third-order valence-corrected chi connectivity index (χ3v) is 3.38. The Hall–Kier alpha value is -1.61. The van der Waals surface area contributed by atoms with Gasteiger partial charge in [-0.1, -0.05) is 18.2 Å². The maximum absolute atomic E-state index is 10.7. The van der Waals surface area contributed by atoms with Crippen molar-refractivity contribution >= 4 is 17.3 Å². The summed E-state index contributed by atoms with van der Waals surface area (Å²) in [6.45, 7) is 0. The van der Waals surface area contributed by atoms with E-state index in [4.69, 9.17) is 5.11 Å². The number of carboxylic acid groups (broad SMARTS) is 1. The molecular formula is C13H12O2S. The number of thiophene rings is 1. The Morgan fingerprint density at radius 2 is 1.88 bits per heavy atom. The predicted molar refractivity (Wildman–Crippen MR) is 65.1 cm³/mol. The lowest BCUT2D eigenvalue weighted by Gasteiger charge is -2.00. The van der Waals surface area contributed by atoms with Gasteiger partial charge >= 0.3 is 5.97 Å². The largest absolute Gasteiger partial charge is 0.478 e. The van der Waals surface area contributed by atoms with Gasteiger partial charge < -0.3 is 5.11 Å². The number of carbonyl (C=O) groups is 1. The monoisotopic (exact) mass is 232 g/mol. The summed E-state index contributed by atoms with van der Waals surface area (Å²) < 4.78 is 0. The minimum atomic E-state index is -0.871. The molecule has 0 radical (unpaired) electrons. The molecule has 0 aliphatic heterocycles. The van der Waals surface area contributed by atoms with Crippen LogP contribution in [-0.2, 0) is 12.8 Å². The van der Waals surface area contributed by atoms with Crippen molar-refractivity contribution in [3.63, 3.8) is 0 Å². The molecule has 0 spiro atoms. The van der Waals surface area contributed by atoms with E-state index in [1.807, 2.05) is 18.2 Å². The van der Waals surface area contributed by atoms with Gasteiger partial charge in [-0.3, -0.25) is 0 Å². The number of carboxylic acids is 1. The highest BCUT2D eigenvalue weighted by Gasteiger charge is 2.02. The topological polar surface area (TPSA) is 37.3 Å². The number of benzene rings is 1. The van der Waals surface area contributed by atoms with Crippen LogP contribution in [0.2, 0.25) is 0 Å². The molecule has 16 heavy (non-hydrogen) atoms. The second kappa shape index (κ2) is 4.94. The van der Waals surface area contributed by atoms with E-state index in [2.05, 4.69) is 11.4 Å². The normalized spacial score (nSPS) is 10.2. The maximum atomic E-state index is 10.7. The van der Waals surface area contributed by atoms with Crippen molar-refractivity contribution in [2.45, 2.75) is 12.8 Å². The number of rotatable bonds is 4. The summed E-state index contributed by atoms with van der Waals surface area (Å²) in [6.07, 6.45) is 1.98. The van der Waals surface area contributed by atoms with Crippen molar-refractivity contribution in [3.05, 3.63) is 57.8 Å². The van der Waals surface area contributed by atoms with Gasteiger partial charge in [0.1, 0.15) is 0 Å². The second-order valence-corrected chi connectivity index (χ2v) is 4.61. The molecule has 1 aromatic carbocycles. The van der Waals surface area contributed by atoms with Crippen molar-refractivity contribution in [1.82, 2.24) is 0 Å². The van der Waals surface area contributed by atoms with E-state index in [1.165, 1.54) is 10.4 Å². The molecular weight excluding hydrogens is 220 g/mol. The number of aromatic carboxylic acids is 1. The Bertz CT molecular complexity index is 457. The Morgan fingerprint density at radius 1 is 1.12 bits per heavy atom. The van der Waals surface area contributed by atoms with Gasteiger partial charge in [0.15, 0.2) is 0 Å². The average Bonchev–Trinajstić information content (AvgIpc) is 2.80. The number of hydrogen-bond acceptors (Lipinski definition) is 2. The quantitative estimate of drug-likeness (QED) is 0.878. The molecule has 0 fully saturated rings. The summed E-state index contributed by atoms with van der Waals surface area (Å²) in [7, 11) is 0. The lowest BCUT2D eigenvalue weighted by Crippen LogP contribution is -1.96. The molecule has 2 aromatic rings. The van der Waals surface area contributed by atoms with E-state index in [9.17, 15) is 4.79 Å². The van der Waals surface area contributed by atoms with Crippen LogP contribution in [0.5, 0.6) is 0 Å². The van der Waals surface area contributed by atoms with Gasteiger partial charge in [-0.2, -0.15) is 0 Å². The van der Waals surface area contributed by atoms with Crippen molar-refractivity contribution in [1.29, 1.82) is 0 Å². The predicted octanol–water partition coefficient (Wildman–Crippen LogP) is 3.23. The summed E-state index contributed by atoms with van der Waals surface area (Å²) in [4.78, 5) is 12.0. The van der Waals surface area contributed by atoms with Crippen LogP contribution in [0.25, 0.3) is 0 Å². The summed E-state index contributed by atoms with van der Waals surface area (Å²) in [5.41, 5.74) is 1.53. The van der Waals surface area contributed by atoms with Gasteiger partial charge in [0, 0.05) is 4.88 Å². The molecule has 3 heteroatoms. The molecule has 2 rings (SSSR count). The van der Waals surface area contributed by atoms with Gasteiger partial charge in [-0.15, -0.1) is 11.3 Å². The Kier molecular flexibility index (Phi) is 3.37. The molecule has 1 N–H and O–H groups in total. The Morgan fingerprint density at radius 3 is 2.44 bits per heavy atom. The van der Waals surface area contributed by atoms with Crippen LogP contribution in [0.3, 0.4) is 0 Å². The molecule has 0 saturated heterocycles. The second-order valence-electron chi connectivity index (χ2n) is 3.58.